The zero-order valence-corrected chi connectivity index (χ0v) is 10.3. The molecule has 0 saturated heterocycles. The molecule has 0 fully saturated rings. The van der Waals surface area contributed by atoms with Gasteiger partial charge in [0.2, 0.25) is 0 Å². The number of ether oxygens (including phenoxy) is 1. The molecule has 0 aliphatic rings. The van der Waals surface area contributed by atoms with E-state index in [1.54, 1.807) is 0 Å². The molecule has 0 radical (unpaired) electrons. The minimum absolute atomic E-state index is 0.0636. The van der Waals surface area contributed by atoms with Gasteiger partial charge in [0.1, 0.15) is 0 Å². The van der Waals surface area contributed by atoms with Gasteiger partial charge in [-0.2, -0.15) is 5.26 Å². The van der Waals surface area contributed by atoms with E-state index in [2.05, 4.69) is 6.07 Å². The van der Waals surface area contributed by atoms with Gasteiger partial charge in [-0.05, 0) is 19.3 Å². The molecule has 0 amide bonds. The van der Waals surface area contributed by atoms with Crippen LogP contribution < -0.4 is 0 Å². The summed E-state index contributed by atoms with van der Waals surface area (Å²) in [6.07, 6.45) is 8.61. The van der Waals surface area contributed by atoms with Crippen LogP contribution in [0.1, 0.15) is 64.7 Å². The lowest BCUT2D eigenvalue weighted by atomic mass is 10.1. The summed E-state index contributed by atoms with van der Waals surface area (Å²) in [5.41, 5.74) is 0. The van der Waals surface area contributed by atoms with Crippen molar-refractivity contribution in [2.75, 3.05) is 6.61 Å². The summed E-state index contributed by atoms with van der Waals surface area (Å²) in [5.74, 6) is -0.0636. The standard InChI is InChI=1S/C13H23NO2/c1-2-12-16-13(15)10-8-6-4-3-5-7-9-11-14/h2-10,12H2,1H3. The zero-order valence-electron chi connectivity index (χ0n) is 10.3. The number of nitriles is 1. The Morgan fingerprint density at radius 1 is 1.12 bits per heavy atom. The van der Waals surface area contributed by atoms with E-state index in [-0.39, 0.29) is 5.97 Å². The van der Waals surface area contributed by atoms with Gasteiger partial charge in [0.25, 0.3) is 0 Å². The number of nitrogens with zero attached hydrogens (tertiary/aromatic N) is 1. The molecule has 0 N–H and O–H groups in total. The molecule has 3 nitrogen and oxygen atoms in total. The maximum atomic E-state index is 11.1. The van der Waals surface area contributed by atoms with Crippen LogP contribution in [-0.4, -0.2) is 12.6 Å². The number of carbonyl (C=O) groups is 1. The molecule has 0 aromatic rings. The maximum absolute atomic E-state index is 11.1. The van der Waals surface area contributed by atoms with Crippen molar-refractivity contribution in [1.29, 1.82) is 5.26 Å². The number of unbranched alkanes of at least 4 members (excludes halogenated alkanes) is 6. The smallest absolute Gasteiger partial charge is 0.305 e. The first-order valence-electron chi connectivity index (χ1n) is 6.33. The first-order valence-corrected chi connectivity index (χ1v) is 6.33. The van der Waals surface area contributed by atoms with Crippen LogP contribution in [0.25, 0.3) is 0 Å². The second kappa shape index (κ2) is 12.0. The Bertz CT molecular complexity index is 208. The average Bonchev–Trinajstić information content (AvgIpc) is 2.30. The number of hydrogen-bond donors (Lipinski definition) is 0. The molecule has 0 spiro atoms. The van der Waals surface area contributed by atoms with Gasteiger partial charge in [-0.15, -0.1) is 0 Å². The van der Waals surface area contributed by atoms with Crippen molar-refractivity contribution in [3.63, 3.8) is 0 Å². The van der Waals surface area contributed by atoms with Crippen molar-refractivity contribution in [2.24, 2.45) is 0 Å². The highest BCUT2D eigenvalue weighted by atomic mass is 16.5. The van der Waals surface area contributed by atoms with Crippen LogP contribution >= 0.6 is 0 Å². The minimum atomic E-state index is -0.0636. The molecule has 0 bridgehead atoms. The molecule has 0 heterocycles. The Kier molecular flexibility index (Phi) is 11.2. The molecule has 0 aliphatic heterocycles. The molecule has 0 aliphatic carbocycles. The molecule has 0 aromatic heterocycles. The highest BCUT2D eigenvalue weighted by Gasteiger charge is 2.01. The Morgan fingerprint density at radius 3 is 2.38 bits per heavy atom. The van der Waals surface area contributed by atoms with Gasteiger partial charge in [0, 0.05) is 12.8 Å². The molecular formula is C13H23NO2. The SMILES string of the molecule is CCCOC(=O)CCCCCCCCC#N. The lowest BCUT2D eigenvalue weighted by molar-refractivity contribution is -0.143. The molecule has 0 aromatic carbocycles. The van der Waals surface area contributed by atoms with Crippen molar-refractivity contribution < 1.29 is 9.53 Å². The van der Waals surface area contributed by atoms with Crippen molar-refractivity contribution in [2.45, 2.75) is 64.7 Å². The van der Waals surface area contributed by atoms with Crippen molar-refractivity contribution in [3.05, 3.63) is 0 Å². The monoisotopic (exact) mass is 225 g/mol. The second-order valence-electron chi connectivity index (χ2n) is 4.00. The topological polar surface area (TPSA) is 50.1 Å². The Balaban J connectivity index is 3.09. The predicted octanol–water partition coefficient (Wildman–Crippen LogP) is 3.58. The van der Waals surface area contributed by atoms with Gasteiger partial charge >= 0.3 is 5.97 Å². The van der Waals surface area contributed by atoms with E-state index >= 15 is 0 Å². The molecule has 16 heavy (non-hydrogen) atoms. The minimum Gasteiger partial charge on any atom is -0.466 e. The normalized spacial score (nSPS) is 9.75. The van der Waals surface area contributed by atoms with E-state index < -0.39 is 0 Å². The van der Waals surface area contributed by atoms with Gasteiger partial charge < -0.3 is 4.74 Å². The first kappa shape index (κ1) is 15.0. The maximum Gasteiger partial charge on any atom is 0.305 e. The van der Waals surface area contributed by atoms with Crippen LogP contribution in [0.4, 0.5) is 0 Å². The number of hydrogen-bond acceptors (Lipinski definition) is 3. The average molecular weight is 225 g/mol. The van der Waals surface area contributed by atoms with Crippen LogP contribution in [0.2, 0.25) is 0 Å². The van der Waals surface area contributed by atoms with E-state index in [9.17, 15) is 4.79 Å². The van der Waals surface area contributed by atoms with Crippen LogP contribution in [0.3, 0.4) is 0 Å². The highest BCUT2D eigenvalue weighted by Crippen LogP contribution is 2.08. The van der Waals surface area contributed by atoms with Crippen LogP contribution in [0.5, 0.6) is 0 Å². The van der Waals surface area contributed by atoms with Gasteiger partial charge in [-0.1, -0.05) is 32.6 Å². The summed E-state index contributed by atoms with van der Waals surface area (Å²) in [6, 6.07) is 2.14. The number of carbonyl (C=O) groups excluding carboxylic acids is 1. The molecule has 3 heteroatoms. The van der Waals surface area contributed by atoms with E-state index in [1.165, 1.54) is 6.42 Å². The second-order valence-corrected chi connectivity index (χ2v) is 4.00. The fourth-order valence-electron chi connectivity index (χ4n) is 1.47. The van der Waals surface area contributed by atoms with Gasteiger partial charge in [0.15, 0.2) is 0 Å². The number of rotatable bonds is 10. The summed E-state index contributed by atoms with van der Waals surface area (Å²) >= 11 is 0. The van der Waals surface area contributed by atoms with Gasteiger partial charge in [-0.25, -0.2) is 0 Å². The van der Waals surface area contributed by atoms with E-state index in [0.29, 0.717) is 19.4 Å². The summed E-state index contributed by atoms with van der Waals surface area (Å²) in [4.78, 5) is 11.1. The molecule has 0 unspecified atom stereocenters. The lowest BCUT2D eigenvalue weighted by Crippen LogP contribution is -2.04. The highest BCUT2D eigenvalue weighted by molar-refractivity contribution is 5.69. The predicted molar refractivity (Wildman–Crippen MR) is 63.8 cm³/mol. The molecule has 0 saturated carbocycles. The van der Waals surface area contributed by atoms with Crippen molar-refractivity contribution in [3.8, 4) is 6.07 Å². The van der Waals surface area contributed by atoms with Gasteiger partial charge in [-0.3, -0.25) is 4.79 Å². The fraction of sp³-hybridized carbons (Fsp3) is 0.846. The molecule has 92 valence electrons. The lowest BCUT2D eigenvalue weighted by Gasteiger charge is -2.02. The third-order valence-electron chi connectivity index (χ3n) is 2.39. The van der Waals surface area contributed by atoms with E-state index in [1.807, 2.05) is 6.92 Å². The van der Waals surface area contributed by atoms with Crippen LogP contribution in [-0.2, 0) is 9.53 Å². The van der Waals surface area contributed by atoms with E-state index in [4.69, 9.17) is 10.00 Å². The first-order chi connectivity index (χ1) is 7.81. The summed E-state index contributed by atoms with van der Waals surface area (Å²) in [5, 5.41) is 8.34. The van der Waals surface area contributed by atoms with Crippen molar-refractivity contribution >= 4 is 5.97 Å². The molecular weight excluding hydrogens is 202 g/mol. The summed E-state index contributed by atoms with van der Waals surface area (Å²) in [6.45, 7) is 2.54. The Hall–Kier alpha value is -1.04. The van der Waals surface area contributed by atoms with E-state index in [0.717, 1.165) is 38.5 Å². The van der Waals surface area contributed by atoms with Crippen molar-refractivity contribution in [1.82, 2.24) is 0 Å². The van der Waals surface area contributed by atoms with Crippen LogP contribution in [0, 0.1) is 11.3 Å². The fourth-order valence-corrected chi connectivity index (χ4v) is 1.47. The Morgan fingerprint density at radius 2 is 1.75 bits per heavy atom. The Labute approximate surface area is 98.8 Å². The largest absolute Gasteiger partial charge is 0.466 e. The quantitative estimate of drug-likeness (QED) is 0.422. The third-order valence-corrected chi connectivity index (χ3v) is 2.39. The van der Waals surface area contributed by atoms with Crippen LogP contribution in [0.15, 0.2) is 0 Å². The zero-order chi connectivity index (χ0) is 12.1. The molecule has 0 rings (SSSR count). The third kappa shape index (κ3) is 11.0. The summed E-state index contributed by atoms with van der Waals surface area (Å²) in [7, 11) is 0. The summed E-state index contributed by atoms with van der Waals surface area (Å²) < 4.78 is 4.98. The molecule has 0 atom stereocenters. The van der Waals surface area contributed by atoms with Gasteiger partial charge in [0.05, 0.1) is 12.7 Å². The number of esters is 1.